The number of ether oxygens (including phenoxy) is 2. The van der Waals surface area contributed by atoms with Crippen molar-refractivity contribution in [1.29, 1.82) is 0 Å². The molecule has 0 aliphatic carbocycles. The molecule has 0 aliphatic rings. The van der Waals surface area contributed by atoms with Gasteiger partial charge in [0.1, 0.15) is 12.4 Å². The molecule has 13 heteroatoms. The quantitative estimate of drug-likeness (QED) is 0.165. The van der Waals surface area contributed by atoms with Crippen LogP contribution in [0.5, 0.6) is 5.75 Å². The number of hydrogen-bond donors (Lipinski definition) is 3. The van der Waals surface area contributed by atoms with Crippen LogP contribution in [0.15, 0.2) is 48.5 Å². The molecule has 0 saturated heterocycles. The first kappa shape index (κ1) is 24.7. The Morgan fingerprint density at radius 1 is 1.19 bits per heavy atom. The van der Waals surface area contributed by atoms with E-state index in [1.807, 2.05) is 6.07 Å². The number of hydrogen-bond acceptors (Lipinski definition) is 6. The summed E-state index contributed by atoms with van der Waals surface area (Å²) in [6, 6.07) is 12.9. The Kier molecular flexibility index (Phi) is 8.93. The van der Waals surface area contributed by atoms with Gasteiger partial charge in [0.15, 0.2) is 11.3 Å². The Morgan fingerprint density at radius 2 is 1.87 bits per heavy atom. The van der Waals surface area contributed by atoms with Crippen LogP contribution in [-0.4, -0.2) is 33.2 Å². The maximum atomic E-state index is 12.1. The molecule has 0 unspecified atom stereocenters. The molecule has 0 fully saturated rings. The number of nitrogens with one attached hydrogen (secondary N) is 3. The first-order valence-corrected chi connectivity index (χ1v) is 10.1. The molecule has 2 rings (SSSR count). The maximum Gasteiger partial charge on any atom is 0.409 e. The van der Waals surface area contributed by atoms with Crippen LogP contribution in [0.25, 0.3) is 0 Å². The fraction of sp³-hybridized carbons (Fsp3) is 0.222. The van der Waals surface area contributed by atoms with Gasteiger partial charge in [0, 0.05) is 12.1 Å². The summed E-state index contributed by atoms with van der Waals surface area (Å²) < 4.78 is 8.25. The van der Waals surface area contributed by atoms with Crippen molar-refractivity contribution < 1.29 is 19.2 Å². The van der Waals surface area contributed by atoms with Crippen LogP contribution >= 0.6 is 47.0 Å². The molecule has 31 heavy (non-hydrogen) atoms. The third-order valence-electron chi connectivity index (χ3n) is 3.72. The molecule has 9 nitrogen and oxygen atoms in total. The smallest absolute Gasteiger partial charge is 0.409 e. The summed E-state index contributed by atoms with van der Waals surface area (Å²) in [6.45, 7) is 0.00677. The molecule has 166 valence electrons. The Bertz CT molecular complexity index is 944. The molecule has 0 bridgehead atoms. The number of alkyl carbamates (subject to hydrolysis) is 1. The van der Waals surface area contributed by atoms with E-state index < -0.39 is 21.0 Å². The average molecular weight is 508 g/mol. The summed E-state index contributed by atoms with van der Waals surface area (Å²) >= 11 is 23.0. The van der Waals surface area contributed by atoms with Gasteiger partial charge in [-0.15, -0.1) is 0 Å². The maximum absolute atomic E-state index is 12.1. The number of amides is 1. The molecule has 0 aromatic heterocycles. The second-order valence-electron chi connectivity index (χ2n) is 5.92. The van der Waals surface area contributed by atoms with Gasteiger partial charge in [-0.3, -0.25) is 15.4 Å². The van der Waals surface area contributed by atoms with E-state index in [1.54, 1.807) is 24.3 Å². The first-order valence-electron chi connectivity index (χ1n) is 8.54. The topological polar surface area (TPSA) is 115 Å². The minimum Gasteiger partial charge on any atom is -0.495 e. The van der Waals surface area contributed by atoms with Crippen LogP contribution in [0.1, 0.15) is 5.56 Å². The van der Waals surface area contributed by atoms with Crippen LogP contribution in [0.4, 0.5) is 16.2 Å². The van der Waals surface area contributed by atoms with Crippen molar-refractivity contribution in [3.8, 4) is 5.75 Å². The van der Waals surface area contributed by atoms with E-state index in [0.29, 0.717) is 0 Å². The predicted octanol–water partition coefficient (Wildman–Crippen LogP) is 4.51. The predicted molar refractivity (Wildman–Crippen MR) is 123 cm³/mol. The number of methoxy groups -OCH3 is 1. The van der Waals surface area contributed by atoms with Gasteiger partial charge in [0.25, 0.3) is 5.69 Å². The van der Waals surface area contributed by atoms with Crippen molar-refractivity contribution in [1.82, 2.24) is 10.6 Å². The minimum atomic E-state index is -2.01. The molecule has 0 aliphatic heterocycles. The Balaban J connectivity index is 2.04. The number of alkyl halides is 3. The standard InChI is InChI=1S/C18H17Cl3N4O5S/c1-29-14-8-7-12(25(27)28)9-13(14)22-16(31)23-15(18(19,20)21)24-17(26)30-10-11-5-3-2-4-6-11/h2-9,15H,10H2,1H3,(H,24,26)(H2,22,23,31)/t15-/m0/s1. The lowest BCUT2D eigenvalue weighted by molar-refractivity contribution is -0.384. The first-order chi connectivity index (χ1) is 14.6. The normalized spacial score (nSPS) is 11.7. The lowest BCUT2D eigenvalue weighted by Gasteiger charge is -2.27. The second-order valence-corrected chi connectivity index (χ2v) is 8.70. The van der Waals surface area contributed by atoms with Gasteiger partial charge in [-0.05, 0) is 23.8 Å². The van der Waals surface area contributed by atoms with Crippen molar-refractivity contribution >= 4 is 69.6 Å². The third-order valence-corrected chi connectivity index (χ3v) is 4.59. The van der Waals surface area contributed by atoms with Crippen LogP contribution in [-0.2, 0) is 11.3 Å². The van der Waals surface area contributed by atoms with Crippen LogP contribution in [0.3, 0.4) is 0 Å². The summed E-state index contributed by atoms with van der Waals surface area (Å²) in [6.07, 6.45) is -2.14. The molecule has 0 heterocycles. The Hall–Kier alpha value is -2.53. The zero-order valence-electron chi connectivity index (χ0n) is 15.9. The van der Waals surface area contributed by atoms with E-state index in [1.165, 1.54) is 25.3 Å². The van der Waals surface area contributed by atoms with E-state index in [0.717, 1.165) is 5.56 Å². The molecule has 2 aromatic rings. The number of carbonyl (C=O) groups is 1. The molecule has 1 atom stereocenters. The number of thiocarbonyl (C=S) groups is 1. The van der Waals surface area contributed by atoms with Crippen molar-refractivity contribution in [3.05, 3.63) is 64.2 Å². The molecule has 3 N–H and O–H groups in total. The van der Waals surface area contributed by atoms with Gasteiger partial charge in [0.2, 0.25) is 3.79 Å². The summed E-state index contributed by atoms with van der Waals surface area (Å²) in [7, 11) is 1.39. The fourth-order valence-corrected chi connectivity index (χ4v) is 2.83. The molecule has 0 saturated carbocycles. The highest BCUT2D eigenvalue weighted by Gasteiger charge is 2.35. The number of nitro groups is 1. The summed E-state index contributed by atoms with van der Waals surface area (Å²) in [5.74, 6) is 0.287. The molecule has 1 amide bonds. The monoisotopic (exact) mass is 506 g/mol. The number of anilines is 1. The van der Waals surface area contributed by atoms with Gasteiger partial charge in [-0.1, -0.05) is 65.1 Å². The lowest BCUT2D eigenvalue weighted by Crippen LogP contribution is -2.56. The van der Waals surface area contributed by atoms with Crippen LogP contribution in [0.2, 0.25) is 0 Å². The van der Waals surface area contributed by atoms with Gasteiger partial charge >= 0.3 is 6.09 Å². The van der Waals surface area contributed by atoms with Crippen LogP contribution < -0.4 is 20.7 Å². The second kappa shape index (κ2) is 11.2. The summed E-state index contributed by atoms with van der Waals surface area (Å²) in [5.41, 5.74) is 0.779. The molecular formula is C18H17Cl3N4O5S. The van der Waals surface area contributed by atoms with Crippen LogP contribution in [0, 0.1) is 10.1 Å². The van der Waals surface area contributed by atoms with Gasteiger partial charge in [0.05, 0.1) is 17.7 Å². The number of nitrogens with zero attached hydrogens (tertiary/aromatic N) is 1. The zero-order chi connectivity index (χ0) is 23.0. The number of carbonyl (C=O) groups excluding carboxylic acids is 1. The third kappa shape index (κ3) is 7.91. The number of halogens is 3. The molecular weight excluding hydrogens is 491 g/mol. The number of non-ortho nitro benzene ring substituents is 1. The van der Waals surface area contributed by atoms with Crippen molar-refractivity contribution in [2.24, 2.45) is 0 Å². The largest absolute Gasteiger partial charge is 0.495 e. The van der Waals surface area contributed by atoms with Crippen molar-refractivity contribution in [3.63, 3.8) is 0 Å². The van der Waals surface area contributed by atoms with E-state index in [4.69, 9.17) is 56.5 Å². The molecule has 0 spiro atoms. The number of rotatable bonds is 7. The van der Waals surface area contributed by atoms with Gasteiger partial charge in [-0.2, -0.15) is 0 Å². The Labute approximate surface area is 198 Å². The van der Waals surface area contributed by atoms with Gasteiger partial charge in [-0.25, -0.2) is 4.79 Å². The zero-order valence-corrected chi connectivity index (χ0v) is 19.0. The van der Waals surface area contributed by atoms with Crippen molar-refractivity contribution in [2.75, 3.05) is 12.4 Å². The molecule has 0 radical (unpaired) electrons. The number of benzene rings is 2. The van der Waals surface area contributed by atoms with E-state index in [9.17, 15) is 14.9 Å². The molecule has 2 aromatic carbocycles. The van der Waals surface area contributed by atoms with Crippen molar-refractivity contribution in [2.45, 2.75) is 16.6 Å². The highest BCUT2D eigenvalue weighted by Crippen LogP contribution is 2.31. The average Bonchev–Trinajstić information content (AvgIpc) is 2.71. The highest BCUT2D eigenvalue weighted by atomic mass is 35.6. The summed E-state index contributed by atoms with van der Waals surface area (Å²) in [5, 5.41) is 18.6. The summed E-state index contributed by atoms with van der Waals surface area (Å²) in [4.78, 5) is 22.6. The van der Waals surface area contributed by atoms with Gasteiger partial charge < -0.3 is 20.1 Å². The minimum absolute atomic E-state index is 0.00677. The number of nitro benzene ring substituents is 1. The van der Waals surface area contributed by atoms with E-state index >= 15 is 0 Å². The van der Waals surface area contributed by atoms with E-state index in [2.05, 4.69) is 16.0 Å². The van der Waals surface area contributed by atoms with E-state index in [-0.39, 0.29) is 28.8 Å². The lowest BCUT2D eigenvalue weighted by atomic mass is 10.2. The fourth-order valence-electron chi connectivity index (χ4n) is 2.28. The highest BCUT2D eigenvalue weighted by molar-refractivity contribution is 7.80. The SMILES string of the molecule is COc1ccc([N+](=O)[O-])cc1NC(=S)N[C@@H](NC(=O)OCc1ccccc1)C(Cl)(Cl)Cl. The Morgan fingerprint density at radius 3 is 2.45 bits per heavy atom.